The lowest BCUT2D eigenvalue weighted by Gasteiger charge is -2.52. The van der Waals surface area contributed by atoms with Crippen molar-refractivity contribution in [3.63, 3.8) is 0 Å². The quantitative estimate of drug-likeness (QED) is 0.832. The number of hydrogen-bond donors (Lipinski definition) is 1. The molecule has 0 aromatic rings. The van der Waals surface area contributed by atoms with Gasteiger partial charge in [0.05, 0.1) is 0 Å². The van der Waals surface area contributed by atoms with Gasteiger partial charge in [0, 0.05) is 30.7 Å². The topological polar surface area (TPSA) is 15.3 Å². The summed E-state index contributed by atoms with van der Waals surface area (Å²) in [4.78, 5) is 2.84. The molecule has 2 nitrogen and oxygen atoms in total. The second kappa shape index (κ2) is 6.58. The van der Waals surface area contributed by atoms with Gasteiger partial charge in [0.2, 0.25) is 0 Å². The summed E-state index contributed by atoms with van der Waals surface area (Å²) in [5, 5.41) is 3.94. The number of hydrogen-bond acceptors (Lipinski definition) is 2. The van der Waals surface area contributed by atoms with Gasteiger partial charge in [-0.05, 0) is 32.1 Å². The van der Waals surface area contributed by atoms with Crippen LogP contribution in [0.5, 0.6) is 0 Å². The summed E-state index contributed by atoms with van der Waals surface area (Å²) in [6, 6.07) is 1.48. The van der Waals surface area contributed by atoms with Gasteiger partial charge < -0.3 is 5.32 Å². The van der Waals surface area contributed by atoms with E-state index in [-0.39, 0.29) is 0 Å². The van der Waals surface area contributed by atoms with Crippen molar-refractivity contribution in [2.45, 2.75) is 90.3 Å². The van der Waals surface area contributed by atoms with Crippen molar-refractivity contribution in [3.05, 3.63) is 0 Å². The van der Waals surface area contributed by atoms with Crippen LogP contribution >= 0.6 is 0 Å². The zero-order valence-electron chi connectivity index (χ0n) is 13.5. The van der Waals surface area contributed by atoms with Crippen molar-refractivity contribution < 1.29 is 0 Å². The molecule has 1 saturated heterocycles. The highest BCUT2D eigenvalue weighted by Gasteiger charge is 2.41. The van der Waals surface area contributed by atoms with Gasteiger partial charge in [-0.1, -0.05) is 46.5 Å². The van der Waals surface area contributed by atoms with Gasteiger partial charge in [0.15, 0.2) is 0 Å². The molecule has 1 saturated carbocycles. The van der Waals surface area contributed by atoms with E-state index in [0.29, 0.717) is 5.54 Å². The van der Waals surface area contributed by atoms with E-state index in [4.69, 9.17) is 0 Å². The van der Waals surface area contributed by atoms with Crippen LogP contribution in [0.3, 0.4) is 0 Å². The molecule has 0 bridgehead atoms. The predicted octanol–water partition coefficient (Wildman–Crippen LogP) is 3.81. The molecule has 0 radical (unpaired) electrons. The van der Waals surface area contributed by atoms with E-state index in [9.17, 15) is 0 Å². The van der Waals surface area contributed by atoms with Crippen molar-refractivity contribution in [2.24, 2.45) is 5.92 Å². The van der Waals surface area contributed by atoms with Crippen LogP contribution in [0.2, 0.25) is 0 Å². The normalized spacial score (nSPS) is 31.3. The van der Waals surface area contributed by atoms with E-state index in [1.165, 1.54) is 58.0 Å². The fourth-order valence-electron chi connectivity index (χ4n) is 4.07. The Morgan fingerprint density at radius 3 is 2.42 bits per heavy atom. The minimum absolute atomic E-state index is 0.450. The third kappa shape index (κ3) is 3.33. The second-order valence-corrected chi connectivity index (χ2v) is 7.08. The van der Waals surface area contributed by atoms with Gasteiger partial charge in [0.25, 0.3) is 0 Å². The molecule has 19 heavy (non-hydrogen) atoms. The molecule has 0 aromatic carbocycles. The Labute approximate surface area is 120 Å². The average molecular weight is 266 g/mol. The highest BCUT2D eigenvalue weighted by atomic mass is 15.3. The van der Waals surface area contributed by atoms with Crippen molar-refractivity contribution >= 4 is 0 Å². The highest BCUT2D eigenvalue weighted by Crippen LogP contribution is 2.34. The van der Waals surface area contributed by atoms with Crippen LogP contribution in [-0.4, -0.2) is 35.6 Å². The molecule has 1 heterocycles. The van der Waals surface area contributed by atoms with Crippen molar-refractivity contribution in [1.29, 1.82) is 0 Å². The van der Waals surface area contributed by atoms with Gasteiger partial charge in [-0.3, -0.25) is 4.90 Å². The van der Waals surface area contributed by atoms with Crippen molar-refractivity contribution in [1.82, 2.24) is 10.2 Å². The second-order valence-electron chi connectivity index (χ2n) is 7.08. The minimum atomic E-state index is 0.450. The molecule has 1 spiro atoms. The SMILES string of the molecule is CCC(C)C(C)N1CC2(CCCCC2)NCC1CC. The summed E-state index contributed by atoms with van der Waals surface area (Å²) in [7, 11) is 0. The average Bonchev–Trinajstić information content (AvgIpc) is 2.46. The number of piperazine rings is 1. The minimum Gasteiger partial charge on any atom is -0.308 e. The predicted molar refractivity (Wildman–Crippen MR) is 83.5 cm³/mol. The van der Waals surface area contributed by atoms with Crippen LogP contribution in [0.4, 0.5) is 0 Å². The van der Waals surface area contributed by atoms with Gasteiger partial charge >= 0.3 is 0 Å². The molecule has 3 atom stereocenters. The van der Waals surface area contributed by atoms with E-state index >= 15 is 0 Å². The zero-order valence-corrected chi connectivity index (χ0v) is 13.5. The van der Waals surface area contributed by atoms with Crippen LogP contribution in [-0.2, 0) is 0 Å². The first-order valence-electron chi connectivity index (χ1n) is 8.62. The monoisotopic (exact) mass is 266 g/mol. The first-order chi connectivity index (χ1) is 9.12. The molecule has 1 aliphatic heterocycles. The lowest BCUT2D eigenvalue weighted by atomic mass is 9.78. The lowest BCUT2D eigenvalue weighted by Crippen LogP contribution is -2.66. The van der Waals surface area contributed by atoms with Crippen LogP contribution < -0.4 is 5.32 Å². The Hall–Kier alpha value is -0.0800. The summed E-state index contributed by atoms with van der Waals surface area (Å²) >= 11 is 0. The lowest BCUT2D eigenvalue weighted by molar-refractivity contribution is 0.0111. The van der Waals surface area contributed by atoms with E-state index < -0.39 is 0 Å². The van der Waals surface area contributed by atoms with E-state index in [2.05, 4.69) is 37.9 Å². The molecule has 1 N–H and O–H groups in total. The molecule has 0 aromatic heterocycles. The fraction of sp³-hybridized carbons (Fsp3) is 1.00. The van der Waals surface area contributed by atoms with Crippen LogP contribution in [0.25, 0.3) is 0 Å². The van der Waals surface area contributed by atoms with E-state index in [1.807, 2.05) is 0 Å². The third-order valence-corrected chi connectivity index (χ3v) is 5.94. The molecule has 112 valence electrons. The van der Waals surface area contributed by atoms with Gasteiger partial charge in [-0.15, -0.1) is 0 Å². The van der Waals surface area contributed by atoms with Gasteiger partial charge in [-0.2, -0.15) is 0 Å². The molecule has 3 unspecified atom stereocenters. The summed E-state index contributed by atoms with van der Waals surface area (Å²) in [6.45, 7) is 12.1. The maximum Gasteiger partial charge on any atom is 0.0309 e. The Kier molecular flexibility index (Phi) is 5.30. The molecule has 2 rings (SSSR count). The summed E-state index contributed by atoms with van der Waals surface area (Å²) < 4.78 is 0. The number of nitrogens with one attached hydrogen (secondary N) is 1. The smallest absolute Gasteiger partial charge is 0.0309 e. The molecule has 1 aliphatic carbocycles. The van der Waals surface area contributed by atoms with Crippen molar-refractivity contribution in [2.75, 3.05) is 13.1 Å². The Morgan fingerprint density at radius 2 is 1.84 bits per heavy atom. The Bertz CT molecular complexity index is 270. The molecule has 0 amide bonds. The zero-order chi connectivity index (χ0) is 13.9. The van der Waals surface area contributed by atoms with Gasteiger partial charge in [0.1, 0.15) is 0 Å². The number of rotatable bonds is 4. The number of nitrogens with zero attached hydrogens (tertiary/aromatic N) is 1. The molecular formula is C17H34N2. The first-order valence-corrected chi connectivity index (χ1v) is 8.62. The highest BCUT2D eigenvalue weighted by molar-refractivity contribution is 5.01. The third-order valence-electron chi connectivity index (χ3n) is 5.94. The van der Waals surface area contributed by atoms with Crippen molar-refractivity contribution in [3.8, 4) is 0 Å². The summed E-state index contributed by atoms with van der Waals surface area (Å²) in [6.07, 6.45) is 9.67. The van der Waals surface area contributed by atoms with Crippen LogP contribution in [0, 0.1) is 5.92 Å². The Balaban J connectivity index is 2.07. The summed E-state index contributed by atoms with van der Waals surface area (Å²) in [5.41, 5.74) is 0.450. The molecule has 2 heteroatoms. The largest absolute Gasteiger partial charge is 0.308 e. The maximum atomic E-state index is 3.94. The van der Waals surface area contributed by atoms with Crippen LogP contribution in [0.15, 0.2) is 0 Å². The molecule has 2 aliphatic rings. The fourth-order valence-corrected chi connectivity index (χ4v) is 4.07. The molecule has 2 fully saturated rings. The van der Waals surface area contributed by atoms with Crippen LogP contribution in [0.1, 0.15) is 72.6 Å². The van der Waals surface area contributed by atoms with Gasteiger partial charge in [-0.25, -0.2) is 0 Å². The van der Waals surface area contributed by atoms with E-state index in [0.717, 1.165) is 18.0 Å². The standard InChI is InChI=1S/C17H34N2/c1-5-14(3)15(4)19-13-17(10-8-7-9-11-17)18-12-16(19)6-2/h14-16,18H,5-13H2,1-4H3. The first kappa shape index (κ1) is 15.3. The Morgan fingerprint density at radius 1 is 1.16 bits per heavy atom. The van der Waals surface area contributed by atoms with E-state index in [1.54, 1.807) is 0 Å². The maximum absolute atomic E-state index is 3.94. The summed E-state index contributed by atoms with van der Waals surface area (Å²) in [5.74, 6) is 0.813. The molecular weight excluding hydrogens is 232 g/mol.